The molecule has 1 aliphatic heterocycles. The Morgan fingerprint density at radius 1 is 1.18 bits per heavy atom. The van der Waals surface area contributed by atoms with Crippen LogP contribution in [0.15, 0.2) is 24.3 Å². The largest absolute Gasteiger partial charge is 0.395 e. The molecule has 1 atom stereocenters. The molecule has 1 aliphatic rings. The number of nitrogens with zero attached hydrogens (tertiary/aromatic N) is 1. The monoisotopic (exact) mass is 253 g/mol. The Hall–Kier alpha value is -0.570. The lowest BCUT2D eigenvalue weighted by Crippen LogP contribution is -2.36. The summed E-state index contributed by atoms with van der Waals surface area (Å²) < 4.78 is 0. The Balaban J connectivity index is 2.01. The maximum Gasteiger partial charge on any atom is 0.0586 e. The van der Waals surface area contributed by atoms with Crippen LogP contribution in [-0.2, 0) is 6.54 Å². The fraction of sp³-hybridized carbons (Fsp3) is 0.571. The van der Waals surface area contributed by atoms with Crippen molar-refractivity contribution in [3.63, 3.8) is 0 Å². The van der Waals surface area contributed by atoms with E-state index in [0.717, 1.165) is 24.5 Å². The predicted octanol–water partition coefficient (Wildman–Crippen LogP) is 3.08. The molecule has 2 nitrogen and oxygen atoms in total. The Bertz CT molecular complexity index is 339. The third-order valence-corrected chi connectivity index (χ3v) is 3.76. The second-order valence-electron chi connectivity index (χ2n) is 4.78. The van der Waals surface area contributed by atoms with Crippen LogP contribution in [0.3, 0.4) is 0 Å². The molecule has 17 heavy (non-hydrogen) atoms. The van der Waals surface area contributed by atoms with Crippen LogP contribution >= 0.6 is 11.6 Å². The molecule has 1 unspecified atom stereocenters. The highest BCUT2D eigenvalue weighted by atomic mass is 35.5. The number of rotatable bonds is 3. The molecule has 0 amide bonds. The van der Waals surface area contributed by atoms with Gasteiger partial charge in [-0.2, -0.15) is 0 Å². The Kier molecular flexibility index (Phi) is 4.84. The van der Waals surface area contributed by atoms with Gasteiger partial charge in [0.15, 0.2) is 0 Å². The van der Waals surface area contributed by atoms with Crippen molar-refractivity contribution in [2.24, 2.45) is 0 Å². The van der Waals surface area contributed by atoms with Crippen molar-refractivity contribution in [3.05, 3.63) is 34.9 Å². The molecule has 2 rings (SSSR count). The van der Waals surface area contributed by atoms with Crippen molar-refractivity contribution in [1.29, 1.82) is 0 Å². The van der Waals surface area contributed by atoms with Gasteiger partial charge in [-0.25, -0.2) is 0 Å². The van der Waals surface area contributed by atoms with E-state index in [2.05, 4.69) is 17.0 Å². The first-order chi connectivity index (χ1) is 8.29. The highest BCUT2D eigenvalue weighted by Crippen LogP contribution is 2.19. The third kappa shape index (κ3) is 3.70. The summed E-state index contributed by atoms with van der Waals surface area (Å²) in [5.74, 6) is 0. The van der Waals surface area contributed by atoms with Gasteiger partial charge >= 0.3 is 0 Å². The van der Waals surface area contributed by atoms with Gasteiger partial charge < -0.3 is 5.11 Å². The molecule has 0 radical (unpaired) electrons. The molecule has 1 fully saturated rings. The Morgan fingerprint density at radius 2 is 1.94 bits per heavy atom. The number of hydrogen-bond acceptors (Lipinski definition) is 2. The van der Waals surface area contributed by atoms with Crippen LogP contribution < -0.4 is 0 Å². The maximum absolute atomic E-state index is 9.45. The van der Waals surface area contributed by atoms with Crippen LogP contribution in [0.2, 0.25) is 5.02 Å². The van der Waals surface area contributed by atoms with Crippen LogP contribution in [0.4, 0.5) is 0 Å². The van der Waals surface area contributed by atoms with E-state index in [4.69, 9.17) is 11.6 Å². The zero-order chi connectivity index (χ0) is 12.1. The van der Waals surface area contributed by atoms with Crippen molar-refractivity contribution in [3.8, 4) is 0 Å². The molecule has 1 saturated heterocycles. The molecule has 1 N–H and O–H groups in total. The average Bonchev–Trinajstić information content (AvgIpc) is 2.57. The zero-order valence-electron chi connectivity index (χ0n) is 10.1. The summed E-state index contributed by atoms with van der Waals surface area (Å²) in [6, 6.07) is 8.34. The number of halogens is 1. The molecule has 1 aromatic carbocycles. The molecule has 1 heterocycles. The smallest absolute Gasteiger partial charge is 0.0586 e. The van der Waals surface area contributed by atoms with Gasteiger partial charge in [-0.05, 0) is 37.1 Å². The quantitative estimate of drug-likeness (QED) is 0.895. The molecule has 0 saturated carbocycles. The van der Waals surface area contributed by atoms with E-state index < -0.39 is 0 Å². The first-order valence-electron chi connectivity index (χ1n) is 6.39. The minimum Gasteiger partial charge on any atom is -0.395 e. The van der Waals surface area contributed by atoms with Gasteiger partial charge in [0.1, 0.15) is 0 Å². The van der Waals surface area contributed by atoms with Crippen molar-refractivity contribution in [2.45, 2.75) is 38.3 Å². The second kappa shape index (κ2) is 6.39. The zero-order valence-corrected chi connectivity index (χ0v) is 10.9. The highest BCUT2D eigenvalue weighted by molar-refractivity contribution is 6.30. The fourth-order valence-corrected chi connectivity index (χ4v) is 2.60. The molecule has 0 aliphatic carbocycles. The Labute approximate surface area is 108 Å². The summed E-state index contributed by atoms with van der Waals surface area (Å²) in [5.41, 5.74) is 1.27. The molecular formula is C14H20ClNO. The lowest BCUT2D eigenvalue weighted by atomic mass is 10.1. The number of hydrogen-bond donors (Lipinski definition) is 1. The summed E-state index contributed by atoms with van der Waals surface area (Å²) in [5, 5.41) is 10.2. The second-order valence-corrected chi connectivity index (χ2v) is 5.22. The SMILES string of the molecule is OCC1CCCCCN1Cc1ccc(Cl)cc1. The topological polar surface area (TPSA) is 23.5 Å². The van der Waals surface area contributed by atoms with E-state index in [0.29, 0.717) is 6.04 Å². The fourth-order valence-electron chi connectivity index (χ4n) is 2.48. The van der Waals surface area contributed by atoms with Crippen LogP contribution in [0.1, 0.15) is 31.2 Å². The summed E-state index contributed by atoms with van der Waals surface area (Å²) >= 11 is 5.88. The standard InChI is InChI=1S/C14H20ClNO/c15-13-7-5-12(6-8-13)10-16-9-3-1-2-4-14(16)11-17/h5-8,14,17H,1-4,9-11H2. The van der Waals surface area contributed by atoms with E-state index in [1.54, 1.807) is 0 Å². The summed E-state index contributed by atoms with van der Waals surface area (Å²) in [4.78, 5) is 2.40. The first kappa shape index (κ1) is 12.9. The minimum atomic E-state index is 0.271. The summed E-state index contributed by atoms with van der Waals surface area (Å²) in [6.07, 6.45) is 4.88. The van der Waals surface area contributed by atoms with Gasteiger partial charge in [0.25, 0.3) is 0 Å². The number of benzene rings is 1. The van der Waals surface area contributed by atoms with Gasteiger partial charge in [0.05, 0.1) is 6.61 Å². The number of aliphatic hydroxyl groups is 1. The maximum atomic E-state index is 9.45. The highest BCUT2D eigenvalue weighted by Gasteiger charge is 2.19. The van der Waals surface area contributed by atoms with Crippen molar-refractivity contribution >= 4 is 11.6 Å². The van der Waals surface area contributed by atoms with E-state index in [-0.39, 0.29) is 6.61 Å². The first-order valence-corrected chi connectivity index (χ1v) is 6.77. The van der Waals surface area contributed by atoms with E-state index >= 15 is 0 Å². The Morgan fingerprint density at radius 3 is 2.65 bits per heavy atom. The molecule has 1 aromatic rings. The summed E-state index contributed by atoms with van der Waals surface area (Å²) in [7, 11) is 0. The molecule has 0 spiro atoms. The van der Waals surface area contributed by atoms with Gasteiger partial charge in [-0.15, -0.1) is 0 Å². The summed E-state index contributed by atoms with van der Waals surface area (Å²) in [6.45, 7) is 2.28. The van der Waals surface area contributed by atoms with E-state index in [9.17, 15) is 5.11 Å². The van der Waals surface area contributed by atoms with Crippen molar-refractivity contribution < 1.29 is 5.11 Å². The van der Waals surface area contributed by atoms with E-state index in [1.807, 2.05) is 12.1 Å². The lowest BCUT2D eigenvalue weighted by Gasteiger charge is -2.28. The normalized spacial score (nSPS) is 22.4. The third-order valence-electron chi connectivity index (χ3n) is 3.51. The van der Waals surface area contributed by atoms with Gasteiger partial charge in [0, 0.05) is 17.6 Å². The van der Waals surface area contributed by atoms with Crippen LogP contribution in [-0.4, -0.2) is 29.2 Å². The lowest BCUT2D eigenvalue weighted by molar-refractivity contribution is 0.118. The number of likely N-dealkylation sites (tertiary alicyclic amines) is 1. The predicted molar refractivity (Wildman–Crippen MR) is 71.2 cm³/mol. The van der Waals surface area contributed by atoms with Crippen molar-refractivity contribution in [2.75, 3.05) is 13.2 Å². The minimum absolute atomic E-state index is 0.271. The van der Waals surface area contributed by atoms with Crippen LogP contribution in [0.5, 0.6) is 0 Å². The molecule has 3 heteroatoms. The van der Waals surface area contributed by atoms with Crippen LogP contribution in [0, 0.1) is 0 Å². The molecule has 0 aromatic heterocycles. The average molecular weight is 254 g/mol. The van der Waals surface area contributed by atoms with Crippen LogP contribution in [0.25, 0.3) is 0 Å². The molecule has 94 valence electrons. The van der Waals surface area contributed by atoms with E-state index in [1.165, 1.54) is 24.8 Å². The van der Waals surface area contributed by atoms with Gasteiger partial charge in [-0.3, -0.25) is 4.90 Å². The van der Waals surface area contributed by atoms with Gasteiger partial charge in [-0.1, -0.05) is 36.6 Å². The molecule has 0 bridgehead atoms. The number of aliphatic hydroxyl groups excluding tert-OH is 1. The van der Waals surface area contributed by atoms with Gasteiger partial charge in [0.2, 0.25) is 0 Å². The van der Waals surface area contributed by atoms with Crippen molar-refractivity contribution in [1.82, 2.24) is 4.90 Å². The molecular weight excluding hydrogens is 234 g/mol.